The highest BCUT2D eigenvalue weighted by atomic mass is 32.1. The minimum Gasteiger partial charge on any atom is -0.443 e. The first-order chi connectivity index (χ1) is 13.8. The molecule has 4 heterocycles. The van der Waals surface area contributed by atoms with Gasteiger partial charge in [0.05, 0.1) is 11.4 Å². The molecule has 0 amide bonds. The van der Waals surface area contributed by atoms with Gasteiger partial charge in [0.15, 0.2) is 5.96 Å². The van der Waals surface area contributed by atoms with E-state index in [1.165, 1.54) is 0 Å². The Bertz CT molecular complexity index is 885. The first kappa shape index (κ1) is 18.5. The van der Waals surface area contributed by atoms with Crippen molar-refractivity contribution in [2.75, 3.05) is 37.6 Å². The van der Waals surface area contributed by atoms with Gasteiger partial charge in [-0.1, -0.05) is 12.1 Å². The van der Waals surface area contributed by atoms with Crippen LogP contribution in [-0.4, -0.2) is 53.6 Å². The Kier molecular flexibility index (Phi) is 5.86. The molecule has 28 heavy (non-hydrogen) atoms. The van der Waals surface area contributed by atoms with Crippen LogP contribution in [0, 0.1) is 0 Å². The van der Waals surface area contributed by atoms with Crippen molar-refractivity contribution in [2.24, 2.45) is 4.99 Å². The fourth-order valence-corrected chi connectivity index (χ4v) is 3.82. The SMILES string of the molecule is CCNC(=NCc1coc(-c2cccs2)n1)N1CCN(c2ccccn2)CC1. The van der Waals surface area contributed by atoms with Crippen molar-refractivity contribution in [3.8, 4) is 10.8 Å². The van der Waals surface area contributed by atoms with Crippen molar-refractivity contribution in [1.82, 2.24) is 20.2 Å². The van der Waals surface area contributed by atoms with Gasteiger partial charge >= 0.3 is 0 Å². The van der Waals surface area contributed by atoms with Gasteiger partial charge in [-0.05, 0) is 30.5 Å². The molecule has 1 saturated heterocycles. The smallest absolute Gasteiger partial charge is 0.236 e. The quantitative estimate of drug-likeness (QED) is 0.528. The Labute approximate surface area is 168 Å². The molecular formula is C20H24N6OS. The predicted molar refractivity (Wildman–Crippen MR) is 113 cm³/mol. The Hall–Kier alpha value is -2.87. The van der Waals surface area contributed by atoms with Gasteiger partial charge in [0.1, 0.15) is 17.8 Å². The third kappa shape index (κ3) is 4.33. The molecule has 0 aromatic carbocycles. The molecule has 3 aromatic rings. The normalized spacial score (nSPS) is 15.1. The summed E-state index contributed by atoms with van der Waals surface area (Å²) in [7, 11) is 0. The van der Waals surface area contributed by atoms with E-state index < -0.39 is 0 Å². The number of piperazine rings is 1. The van der Waals surface area contributed by atoms with Crippen LogP contribution >= 0.6 is 11.3 Å². The second-order valence-electron chi connectivity index (χ2n) is 6.45. The molecule has 1 N–H and O–H groups in total. The Balaban J connectivity index is 1.39. The summed E-state index contributed by atoms with van der Waals surface area (Å²) in [5.41, 5.74) is 0.839. The lowest BCUT2D eigenvalue weighted by Crippen LogP contribution is -2.52. The van der Waals surface area contributed by atoms with Gasteiger partial charge in [-0.15, -0.1) is 11.3 Å². The molecule has 3 aromatic heterocycles. The molecule has 4 rings (SSSR count). The number of aromatic nitrogens is 2. The lowest BCUT2D eigenvalue weighted by molar-refractivity contribution is 0.371. The van der Waals surface area contributed by atoms with Crippen LogP contribution in [0.5, 0.6) is 0 Å². The maximum Gasteiger partial charge on any atom is 0.236 e. The highest BCUT2D eigenvalue weighted by Crippen LogP contribution is 2.23. The topological polar surface area (TPSA) is 69.8 Å². The number of anilines is 1. The Morgan fingerprint density at radius 1 is 1.21 bits per heavy atom. The zero-order chi connectivity index (χ0) is 19.2. The second kappa shape index (κ2) is 8.88. The maximum absolute atomic E-state index is 5.59. The highest BCUT2D eigenvalue weighted by Gasteiger charge is 2.20. The third-order valence-corrected chi connectivity index (χ3v) is 5.42. The Morgan fingerprint density at radius 2 is 2.11 bits per heavy atom. The number of pyridine rings is 1. The van der Waals surface area contributed by atoms with Gasteiger partial charge < -0.3 is 19.5 Å². The average molecular weight is 397 g/mol. The molecule has 0 atom stereocenters. The summed E-state index contributed by atoms with van der Waals surface area (Å²) in [6.07, 6.45) is 3.54. The van der Waals surface area contributed by atoms with Crippen molar-refractivity contribution in [3.63, 3.8) is 0 Å². The summed E-state index contributed by atoms with van der Waals surface area (Å²) in [6.45, 7) is 7.08. The van der Waals surface area contributed by atoms with E-state index in [4.69, 9.17) is 9.41 Å². The summed E-state index contributed by atoms with van der Waals surface area (Å²) in [5, 5.41) is 5.42. The first-order valence-electron chi connectivity index (χ1n) is 9.51. The number of nitrogens with one attached hydrogen (secondary N) is 1. The van der Waals surface area contributed by atoms with Crippen LogP contribution in [0.1, 0.15) is 12.6 Å². The molecule has 0 spiro atoms. The van der Waals surface area contributed by atoms with Crippen molar-refractivity contribution in [3.05, 3.63) is 53.9 Å². The monoisotopic (exact) mass is 396 g/mol. The van der Waals surface area contributed by atoms with Crippen molar-refractivity contribution < 1.29 is 4.42 Å². The van der Waals surface area contributed by atoms with E-state index in [9.17, 15) is 0 Å². The minimum atomic E-state index is 0.498. The molecule has 0 bridgehead atoms. The summed E-state index contributed by atoms with van der Waals surface area (Å²) in [5.74, 6) is 2.62. The van der Waals surface area contributed by atoms with Gasteiger partial charge in [-0.25, -0.2) is 15.0 Å². The molecular weight excluding hydrogens is 372 g/mol. The molecule has 7 nitrogen and oxygen atoms in total. The van der Waals surface area contributed by atoms with Crippen LogP contribution in [0.2, 0.25) is 0 Å². The Morgan fingerprint density at radius 3 is 2.82 bits per heavy atom. The summed E-state index contributed by atoms with van der Waals surface area (Å²) in [6, 6.07) is 10.0. The summed E-state index contributed by atoms with van der Waals surface area (Å²) in [4.78, 5) is 19.4. The number of thiophene rings is 1. The van der Waals surface area contributed by atoms with E-state index in [2.05, 4.69) is 38.1 Å². The molecule has 0 aliphatic carbocycles. The molecule has 1 fully saturated rings. The fraction of sp³-hybridized carbons (Fsp3) is 0.350. The minimum absolute atomic E-state index is 0.498. The lowest BCUT2D eigenvalue weighted by Gasteiger charge is -2.37. The number of oxazole rings is 1. The maximum atomic E-state index is 5.59. The molecule has 0 unspecified atom stereocenters. The average Bonchev–Trinajstić information content (AvgIpc) is 3.44. The number of guanidine groups is 1. The van der Waals surface area contributed by atoms with E-state index in [0.29, 0.717) is 12.4 Å². The molecule has 8 heteroatoms. The van der Waals surface area contributed by atoms with Crippen molar-refractivity contribution in [1.29, 1.82) is 0 Å². The van der Waals surface area contributed by atoms with Gasteiger partial charge in [-0.2, -0.15) is 0 Å². The second-order valence-corrected chi connectivity index (χ2v) is 7.40. The number of hydrogen-bond acceptors (Lipinski definition) is 6. The zero-order valence-electron chi connectivity index (χ0n) is 15.9. The third-order valence-electron chi connectivity index (χ3n) is 4.56. The molecule has 146 valence electrons. The number of aliphatic imine (C=N–C) groups is 1. The summed E-state index contributed by atoms with van der Waals surface area (Å²) < 4.78 is 5.59. The molecule has 0 radical (unpaired) electrons. The molecule has 0 saturated carbocycles. The standard InChI is InChI=1S/C20H24N6OS/c1-2-21-20(23-14-16-15-27-19(24-16)17-6-5-13-28-17)26-11-9-25(10-12-26)18-7-3-4-8-22-18/h3-8,13,15H,2,9-12,14H2,1H3,(H,21,23). The largest absolute Gasteiger partial charge is 0.443 e. The van der Waals surface area contributed by atoms with E-state index in [1.54, 1.807) is 17.6 Å². The van der Waals surface area contributed by atoms with Gasteiger partial charge in [0, 0.05) is 38.9 Å². The summed E-state index contributed by atoms with van der Waals surface area (Å²) >= 11 is 1.62. The van der Waals surface area contributed by atoms with Gasteiger partial charge in [-0.3, -0.25) is 0 Å². The van der Waals surface area contributed by atoms with E-state index in [0.717, 1.165) is 55.1 Å². The highest BCUT2D eigenvalue weighted by molar-refractivity contribution is 7.13. The van der Waals surface area contributed by atoms with Crippen LogP contribution < -0.4 is 10.2 Å². The van der Waals surface area contributed by atoms with E-state index >= 15 is 0 Å². The van der Waals surface area contributed by atoms with E-state index in [-0.39, 0.29) is 0 Å². The number of hydrogen-bond donors (Lipinski definition) is 1. The van der Waals surface area contributed by atoms with Crippen LogP contribution in [0.25, 0.3) is 10.8 Å². The number of nitrogens with zero attached hydrogens (tertiary/aromatic N) is 5. The van der Waals surface area contributed by atoms with Crippen molar-refractivity contribution in [2.45, 2.75) is 13.5 Å². The van der Waals surface area contributed by atoms with Crippen LogP contribution in [0.3, 0.4) is 0 Å². The van der Waals surface area contributed by atoms with Crippen molar-refractivity contribution >= 4 is 23.1 Å². The van der Waals surface area contributed by atoms with Crippen LogP contribution in [0.4, 0.5) is 5.82 Å². The van der Waals surface area contributed by atoms with Crippen LogP contribution in [0.15, 0.2) is 57.6 Å². The van der Waals surface area contributed by atoms with E-state index in [1.807, 2.05) is 35.8 Å². The predicted octanol–water partition coefficient (Wildman–Crippen LogP) is 3.09. The fourth-order valence-electron chi connectivity index (χ4n) is 3.16. The first-order valence-corrected chi connectivity index (χ1v) is 10.4. The van der Waals surface area contributed by atoms with Crippen LogP contribution in [-0.2, 0) is 6.54 Å². The van der Waals surface area contributed by atoms with Gasteiger partial charge in [0.2, 0.25) is 5.89 Å². The molecule has 1 aliphatic heterocycles. The lowest BCUT2D eigenvalue weighted by atomic mass is 10.3. The number of rotatable bonds is 5. The zero-order valence-corrected chi connectivity index (χ0v) is 16.7. The molecule has 1 aliphatic rings. The van der Waals surface area contributed by atoms with Gasteiger partial charge in [0.25, 0.3) is 0 Å².